The Bertz CT molecular complexity index is 657. The number of nitrogens with zero attached hydrogens (tertiary/aromatic N) is 1. The van der Waals surface area contributed by atoms with E-state index in [-0.39, 0.29) is 18.1 Å². The highest BCUT2D eigenvalue weighted by Crippen LogP contribution is 2.16. The highest BCUT2D eigenvalue weighted by atomic mass is 19.1. The molecule has 0 aliphatic carbocycles. The summed E-state index contributed by atoms with van der Waals surface area (Å²) in [6.07, 6.45) is 0. The van der Waals surface area contributed by atoms with Gasteiger partial charge in [-0.2, -0.15) is 0 Å². The number of hydrogen-bond acceptors (Lipinski definition) is 3. The van der Waals surface area contributed by atoms with E-state index in [9.17, 15) is 13.6 Å². The van der Waals surface area contributed by atoms with Crippen molar-refractivity contribution < 1.29 is 13.6 Å². The molecule has 22 heavy (non-hydrogen) atoms. The summed E-state index contributed by atoms with van der Waals surface area (Å²) in [6, 6.07) is 10.5. The van der Waals surface area contributed by atoms with Crippen molar-refractivity contribution in [3.05, 3.63) is 54.1 Å². The van der Waals surface area contributed by atoms with E-state index in [1.165, 1.54) is 6.07 Å². The normalized spacial score (nSPS) is 10.2. The first-order chi connectivity index (χ1) is 10.5. The predicted molar refractivity (Wildman–Crippen MR) is 84.2 cm³/mol. The van der Waals surface area contributed by atoms with Crippen molar-refractivity contribution in [2.24, 2.45) is 0 Å². The van der Waals surface area contributed by atoms with Gasteiger partial charge in [-0.15, -0.1) is 0 Å². The van der Waals surface area contributed by atoms with Crippen LogP contribution in [0.5, 0.6) is 0 Å². The van der Waals surface area contributed by atoms with Gasteiger partial charge in [-0.25, -0.2) is 8.78 Å². The summed E-state index contributed by atoms with van der Waals surface area (Å²) in [5.74, 6) is -1.71. The maximum atomic E-state index is 13.4. The average molecular weight is 305 g/mol. The zero-order valence-electron chi connectivity index (χ0n) is 12.4. The smallest absolute Gasteiger partial charge is 0.243 e. The van der Waals surface area contributed by atoms with Gasteiger partial charge in [0.1, 0.15) is 11.6 Å². The van der Waals surface area contributed by atoms with E-state index >= 15 is 0 Å². The first-order valence-electron chi connectivity index (χ1n) is 6.72. The lowest BCUT2D eigenvalue weighted by molar-refractivity contribution is -0.114. The van der Waals surface area contributed by atoms with Gasteiger partial charge < -0.3 is 15.5 Å². The van der Waals surface area contributed by atoms with Gasteiger partial charge in [0.2, 0.25) is 5.91 Å². The number of amides is 1. The largest absolute Gasteiger partial charge is 0.378 e. The zero-order chi connectivity index (χ0) is 16.1. The maximum absolute atomic E-state index is 13.4. The van der Waals surface area contributed by atoms with E-state index < -0.39 is 11.6 Å². The van der Waals surface area contributed by atoms with Crippen molar-refractivity contribution >= 4 is 23.0 Å². The molecule has 0 bridgehead atoms. The van der Waals surface area contributed by atoms with Crippen LogP contribution < -0.4 is 15.5 Å². The summed E-state index contributed by atoms with van der Waals surface area (Å²) < 4.78 is 26.2. The van der Waals surface area contributed by atoms with Gasteiger partial charge in [-0.1, -0.05) is 0 Å². The molecule has 0 aliphatic heterocycles. The molecule has 0 spiro atoms. The SMILES string of the molecule is CN(C)c1ccc(NC(=O)CNc2ccc(F)cc2F)cc1. The number of hydrogen-bond donors (Lipinski definition) is 2. The van der Waals surface area contributed by atoms with Gasteiger partial charge in [0.05, 0.1) is 12.2 Å². The number of nitrogens with one attached hydrogen (secondary N) is 2. The quantitative estimate of drug-likeness (QED) is 0.892. The Kier molecular flexibility index (Phi) is 4.93. The third kappa shape index (κ3) is 4.18. The number of carbonyl (C=O) groups excluding carboxylic acids is 1. The average Bonchev–Trinajstić information content (AvgIpc) is 2.47. The van der Waals surface area contributed by atoms with Gasteiger partial charge in [-0.3, -0.25) is 4.79 Å². The van der Waals surface area contributed by atoms with E-state index in [4.69, 9.17) is 0 Å². The topological polar surface area (TPSA) is 44.4 Å². The van der Waals surface area contributed by atoms with Crippen molar-refractivity contribution in [1.29, 1.82) is 0 Å². The number of anilines is 3. The molecule has 1 amide bonds. The van der Waals surface area contributed by atoms with Crippen LogP contribution in [0.2, 0.25) is 0 Å². The fourth-order valence-electron chi connectivity index (χ4n) is 1.86. The van der Waals surface area contributed by atoms with E-state index in [1.807, 2.05) is 31.1 Å². The monoisotopic (exact) mass is 305 g/mol. The van der Waals surface area contributed by atoms with Crippen molar-refractivity contribution in [2.45, 2.75) is 0 Å². The number of halogens is 2. The fraction of sp³-hybridized carbons (Fsp3) is 0.188. The molecular weight excluding hydrogens is 288 g/mol. The van der Waals surface area contributed by atoms with Crippen LogP contribution in [0, 0.1) is 11.6 Å². The standard InChI is InChI=1S/C16H17F2N3O/c1-21(2)13-6-4-12(5-7-13)20-16(22)10-19-15-8-3-11(17)9-14(15)18/h3-9,19H,10H2,1-2H3,(H,20,22). The molecule has 4 nitrogen and oxygen atoms in total. The van der Waals surface area contributed by atoms with Gasteiger partial charge >= 0.3 is 0 Å². The molecular formula is C16H17F2N3O. The molecule has 0 saturated carbocycles. The van der Waals surface area contributed by atoms with Crippen molar-refractivity contribution in [1.82, 2.24) is 0 Å². The van der Waals surface area contributed by atoms with Crippen LogP contribution in [0.3, 0.4) is 0 Å². The lowest BCUT2D eigenvalue weighted by atomic mass is 10.2. The van der Waals surface area contributed by atoms with E-state index in [0.717, 1.165) is 17.8 Å². The summed E-state index contributed by atoms with van der Waals surface area (Å²) in [5, 5.41) is 5.32. The summed E-state index contributed by atoms with van der Waals surface area (Å²) >= 11 is 0. The molecule has 6 heteroatoms. The lowest BCUT2D eigenvalue weighted by Crippen LogP contribution is -2.22. The Hall–Kier alpha value is -2.63. The minimum Gasteiger partial charge on any atom is -0.378 e. The molecule has 2 aromatic carbocycles. The molecule has 0 aromatic heterocycles. The predicted octanol–water partition coefficient (Wildman–Crippen LogP) is 3.08. The fourth-order valence-corrected chi connectivity index (χ4v) is 1.86. The Morgan fingerprint density at radius 2 is 1.77 bits per heavy atom. The molecule has 0 atom stereocenters. The highest BCUT2D eigenvalue weighted by molar-refractivity contribution is 5.93. The molecule has 2 N–H and O–H groups in total. The summed E-state index contributed by atoms with van der Waals surface area (Å²) in [7, 11) is 3.85. The molecule has 116 valence electrons. The molecule has 0 unspecified atom stereocenters. The van der Waals surface area contributed by atoms with Gasteiger partial charge in [-0.05, 0) is 36.4 Å². The highest BCUT2D eigenvalue weighted by Gasteiger charge is 2.06. The Balaban J connectivity index is 1.90. The Labute approximate surface area is 127 Å². The third-order valence-corrected chi connectivity index (χ3v) is 3.04. The first kappa shape index (κ1) is 15.8. The van der Waals surface area contributed by atoms with Crippen molar-refractivity contribution in [3.8, 4) is 0 Å². The second kappa shape index (κ2) is 6.89. The van der Waals surface area contributed by atoms with E-state index in [2.05, 4.69) is 10.6 Å². The zero-order valence-corrected chi connectivity index (χ0v) is 12.4. The van der Waals surface area contributed by atoms with Crippen LogP contribution >= 0.6 is 0 Å². The second-order valence-electron chi connectivity index (χ2n) is 4.97. The number of rotatable bonds is 5. The van der Waals surface area contributed by atoms with Crippen LogP contribution in [-0.2, 0) is 4.79 Å². The molecule has 0 fully saturated rings. The second-order valence-corrected chi connectivity index (χ2v) is 4.97. The van der Waals surface area contributed by atoms with Gasteiger partial charge in [0.25, 0.3) is 0 Å². The van der Waals surface area contributed by atoms with Crippen LogP contribution in [-0.4, -0.2) is 26.5 Å². The summed E-state index contributed by atoms with van der Waals surface area (Å²) in [5.41, 5.74) is 1.75. The molecule has 0 radical (unpaired) electrons. The lowest BCUT2D eigenvalue weighted by Gasteiger charge is -2.13. The Morgan fingerprint density at radius 1 is 1.09 bits per heavy atom. The van der Waals surface area contributed by atoms with Gasteiger partial charge in [0.15, 0.2) is 0 Å². The first-order valence-corrected chi connectivity index (χ1v) is 6.72. The molecule has 0 heterocycles. The van der Waals surface area contributed by atoms with Crippen LogP contribution in [0.1, 0.15) is 0 Å². The molecule has 2 rings (SSSR count). The Morgan fingerprint density at radius 3 is 2.36 bits per heavy atom. The van der Waals surface area contributed by atoms with Crippen molar-refractivity contribution in [2.75, 3.05) is 36.2 Å². The van der Waals surface area contributed by atoms with Crippen LogP contribution in [0.15, 0.2) is 42.5 Å². The summed E-state index contributed by atoms with van der Waals surface area (Å²) in [6.45, 7) is -0.113. The van der Waals surface area contributed by atoms with Crippen LogP contribution in [0.25, 0.3) is 0 Å². The number of benzene rings is 2. The minimum atomic E-state index is -0.733. The molecule has 2 aromatic rings. The molecule has 0 aliphatic rings. The van der Waals surface area contributed by atoms with E-state index in [1.54, 1.807) is 12.1 Å². The molecule has 0 saturated heterocycles. The summed E-state index contributed by atoms with van der Waals surface area (Å²) in [4.78, 5) is 13.8. The number of carbonyl (C=O) groups is 1. The van der Waals surface area contributed by atoms with Gasteiger partial charge in [0, 0.05) is 31.5 Å². The van der Waals surface area contributed by atoms with Crippen molar-refractivity contribution in [3.63, 3.8) is 0 Å². The van der Waals surface area contributed by atoms with Crippen LogP contribution in [0.4, 0.5) is 25.8 Å². The maximum Gasteiger partial charge on any atom is 0.243 e. The minimum absolute atomic E-state index is 0.0829. The third-order valence-electron chi connectivity index (χ3n) is 3.04. The van der Waals surface area contributed by atoms with E-state index in [0.29, 0.717) is 5.69 Å².